The number of rotatable bonds is 4. The summed E-state index contributed by atoms with van der Waals surface area (Å²) in [6.45, 7) is 11.0. The van der Waals surface area contributed by atoms with Gasteiger partial charge in [-0.2, -0.15) is 0 Å². The van der Waals surface area contributed by atoms with Crippen LogP contribution in [0.3, 0.4) is 0 Å². The summed E-state index contributed by atoms with van der Waals surface area (Å²) in [5.41, 5.74) is 3.94. The number of carbonyl (C=O) groups excluding carboxylic acids is 2. The average molecular weight is 238 g/mol. The minimum Gasteiger partial charge on any atom is -0.233 e. The van der Waals surface area contributed by atoms with Crippen LogP contribution < -0.4 is 0 Å². The van der Waals surface area contributed by atoms with Gasteiger partial charge in [0.05, 0.1) is 0 Å². The van der Waals surface area contributed by atoms with Crippen molar-refractivity contribution in [3.63, 3.8) is 0 Å². The van der Waals surface area contributed by atoms with Gasteiger partial charge >= 0.3 is 0 Å². The number of benzene rings is 1. The Balaban J connectivity index is 3.08. The molecule has 0 fully saturated rings. The monoisotopic (exact) mass is 238 g/mol. The second kappa shape index (κ2) is 5.79. The summed E-state index contributed by atoms with van der Waals surface area (Å²) in [5, 5.41) is 0. The molecule has 1 rings (SSSR count). The van der Waals surface area contributed by atoms with Crippen molar-refractivity contribution in [2.75, 3.05) is 0 Å². The molecule has 0 saturated carbocycles. The Morgan fingerprint density at radius 1 is 0.833 bits per heavy atom. The van der Waals surface area contributed by atoms with Crippen molar-refractivity contribution in [1.82, 2.24) is 0 Å². The molecule has 0 spiro atoms. The summed E-state index contributed by atoms with van der Waals surface area (Å²) in [5.74, 6) is 3.64. The first-order valence-corrected chi connectivity index (χ1v) is 5.44. The molecule has 2 heteroatoms. The third-order valence-electron chi connectivity index (χ3n) is 2.79. The van der Waals surface area contributed by atoms with Crippen molar-refractivity contribution in [2.24, 2.45) is 0 Å². The third-order valence-corrected chi connectivity index (χ3v) is 2.79. The predicted molar refractivity (Wildman–Crippen MR) is 74.3 cm³/mol. The van der Waals surface area contributed by atoms with E-state index in [2.05, 4.69) is 13.2 Å². The van der Waals surface area contributed by atoms with Crippen LogP contribution in [0.5, 0.6) is 0 Å². The van der Waals surface area contributed by atoms with Crippen molar-refractivity contribution in [3.8, 4) is 0 Å². The molecule has 0 radical (unpaired) electrons. The van der Waals surface area contributed by atoms with Gasteiger partial charge in [-0.3, -0.25) is 0 Å². The lowest BCUT2D eigenvalue weighted by molar-refractivity contribution is 0.567. The molecule has 0 unspecified atom stereocenters. The van der Waals surface area contributed by atoms with Crippen LogP contribution in [0.4, 0.5) is 0 Å². The average Bonchev–Trinajstić information content (AvgIpc) is 2.44. The molecule has 1 aromatic rings. The van der Waals surface area contributed by atoms with E-state index in [1.54, 1.807) is 13.8 Å². The van der Waals surface area contributed by atoms with Crippen LogP contribution in [0.25, 0.3) is 11.1 Å². The first kappa shape index (κ1) is 13.7. The Morgan fingerprint density at radius 2 is 1.11 bits per heavy atom. The van der Waals surface area contributed by atoms with Crippen molar-refractivity contribution in [2.45, 2.75) is 13.8 Å². The van der Waals surface area contributed by atoms with E-state index in [9.17, 15) is 9.59 Å². The first-order chi connectivity index (χ1) is 8.51. The molecule has 2 nitrogen and oxygen atoms in total. The Labute approximate surface area is 107 Å². The molecule has 0 aliphatic heterocycles. The zero-order valence-electron chi connectivity index (χ0n) is 10.5. The lowest BCUT2D eigenvalue weighted by atomic mass is 9.96. The summed E-state index contributed by atoms with van der Waals surface area (Å²) in [4.78, 5) is 21.1. The van der Waals surface area contributed by atoms with Gasteiger partial charge < -0.3 is 0 Å². The molecule has 0 aliphatic carbocycles. The Bertz CT molecular complexity index is 535. The highest BCUT2D eigenvalue weighted by Gasteiger charge is 2.05. The highest BCUT2D eigenvalue weighted by atomic mass is 16.1. The summed E-state index contributed by atoms with van der Waals surface area (Å²) < 4.78 is 0. The smallest absolute Gasteiger partial charge is 0.128 e. The maximum atomic E-state index is 10.5. The molecule has 0 amide bonds. The van der Waals surface area contributed by atoms with Crippen molar-refractivity contribution < 1.29 is 9.59 Å². The third kappa shape index (κ3) is 2.83. The standard InChI is InChI=1S/C16H14O2/c1-11(9-17)13(3)15-5-7-16(8-6-15)14(4)12(2)10-18/h5-8H,3-4H2,1-2H3. The van der Waals surface area contributed by atoms with E-state index in [1.165, 1.54) is 0 Å². The number of hydrogen-bond acceptors (Lipinski definition) is 2. The number of allylic oxidation sites excluding steroid dienone is 4. The molecule has 1 aromatic carbocycles. The Hall–Kier alpha value is -2.40. The topological polar surface area (TPSA) is 34.1 Å². The second-order valence-electron chi connectivity index (χ2n) is 3.99. The van der Waals surface area contributed by atoms with Crippen LogP contribution in [0.2, 0.25) is 0 Å². The van der Waals surface area contributed by atoms with Gasteiger partial charge in [0.15, 0.2) is 0 Å². The fourth-order valence-corrected chi connectivity index (χ4v) is 1.43. The van der Waals surface area contributed by atoms with E-state index in [1.807, 2.05) is 36.1 Å². The van der Waals surface area contributed by atoms with Gasteiger partial charge in [0.2, 0.25) is 0 Å². The van der Waals surface area contributed by atoms with Gasteiger partial charge in [0.25, 0.3) is 0 Å². The lowest BCUT2D eigenvalue weighted by Crippen LogP contribution is -1.89. The second-order valence-corrected chi connectivity index (χ2v) is 3.99. The quantitative estimate of drug-likeness (QED) is 0.596. The van der Waals surface area contributed by atoms with E-state index in [0.717, 1.165) is 11.1 Å². The lowest BCUT2D eigenvalue weighted by Gasteiger charge is -2.07. The van der Waals surface area contributed by atoms with E-state index in [-0.39, 0.29) is 0 Å². The largest absolute Gasteiger partial charge is 0.233 e. The van der Waals surface area contributed by atoms with Crippen LogP contribution in [-0.2, 0) is 9.59 Å². The van der Waals surface area contributed by atoms with E-state index in [4.69, 9.17) is 0 Å². The number of hydrogen-bond donors (Lipinski definition) is 0. The highest BCUT2D eigenvalue weighted by Crippen LogP contribution is 2.23. The normalized spacial score (nSPS) is 9.00. The fourth-order valence-electron chi connectivity index (χ4n) is 1.43. The van der Waals surface area contributed by atoms with Crippen LogP contribution >= 0.6 is 0 Å². The Morgan fingerprint density at radius 3 is 1.33 bits per heavy atom. The summed E-state index contributed by atoms with van der Waals surface area (Å²) in [6.07, 6.45) is 0. The molecule has 0 N–H and O–H groups in total. The van der Waals surface area contributed by atoms with Gasteiger partial charge in [0, 0.05) is 11.1 Å². The summed E-state index contributed by atoms with van der Waals surface area (Å²) >= 11 is 0. The maximum Gasteiger partial charge on any atom is 0.128 e. The fraction of sp³-hybridized carbons (Fsp3) is 0.125. The van der Waals surface area contributed by atoms with E-state index >= 15 is 0 Å². The Kier molecular flexibility index (Phi) is 4.39. The minimum atomic E-state index is 0.477. The highest BCUT2D eigenvalue weighted by molar-refractivity contribution is 5.88. The molecule has 0 aliphatic rings. The van der Waals surface area contributed by atoms with Gasteiger partial charge in [0.1, 0.15) is 11.9 Å². The SMILES string of the molecule is C=C(C(C)=C=O)c1ccc(C(=C)C(C)=C=O)cc1. The molecule has 0 heterocycles. The maximum absolute atomic E-state index is 10.5. The van der Waals surface area contributed by atoms with E-state index < -0.39 is 0 Å². The molecule has 0 atom stereocenters. The van der Waals surface area contributed by atoms with Gasteiger partial charge in [-0.1, -0.05) is 37.4 Å². The van der Waals surface area contributed by atoms with Crippen LogP contribution in [0.15, 0.2) is 48.6 Å². The van der Waals surface area contributed by atoms with Crippen LogP contribution in [-0.4, -0.2) is 11.9 Å². The zero-order chi connectivity index (χ0) is 13.7. The first-order valence-electron chi connectivity index (χ1n) is 5.44. The molecule has 90 valence electrons. The van der Waals surface area contributed by atoms with Crippen LogP contribution in [0.1, 0.15) is 25.0 Å². The predicted octanol–water partition coefficient (Wildman–Crippen LogP) is 3.27. The molecular weight excluding hydrogens is 224 g/mol. The molecule has 0 saturated heterocycles. The van der Waals surface area contributed by atoms with E-state index in [0.29, 0.717) is 22.3 Å². The van der Waals surface area contributed by atoms with Crippen LogP contribution in [0, 0.1) is 0 Å². The van der Waals surface area contributed by atoms with Crippen molar-refractivity contribution in [3.05, 3.63) is 59.7 Å². The molecular formula is C16H14O2. The van der Waals surface area contributed by atoms with Gasteiger partial charge in [-0.05, 0) is 36.1 Å². The molecule has 0 bridgehead atoms. The van der Waals surface area contributed by atoms with Gasteiger partial charge in [-0.25, -0.2) is 9.59 Å². The van der Waals surface area contributed by atoms with Crippen molar-refractivity contribution in [1.29, 1.82) is 0 Å². The van der Waals surface area contributed by atoms with Gasteiger partial charge in [-0.15, -0.1) is 0 Å². The summed E-state index contributed by atoms with van der Waals surface area (Å²) in [7, 11) is 0. The van der Waals surface area contributed by atoms with Crippen molar-refractivity contribution >= 4 is 23.0 Å². The zero-order valence-corrected chi connectivity index (χ0v) is 10.5. The minimum absolute atomic E-state index is 0.477. The molecule has 0 aromatic heterocycles. The molecule has 18 heavy (non-hydrogen) atoms. The summed E-state index contributed by atoms with van der Waals surface area (Å²) in [6, 6.07) is 7.34.